The maximum Gasteiger partial charge on any atom is 0.188 e. The number of ether oxygens (including phenoxy) is 1. The molecule has 0 atom stereocenters. The van der Waals surface area contributed by atoms with Gasteiger partial charge in [-0.1, -0.05) is 37.0 Å². The molecule has 0 amide bonds. The summed E-state index contributed by atoms with van der Waals surface area (Å²) in [6.45, 7) is 3.57. The van der Waals surface area contributed by atoms with Gasteiger partial charge < -0.3 is 15.8 Å². The Balaban J connectivity index is 0.00000264. The Bertz CT molecular complexity index is 456. The molecule has 130 valence electrons. The van der Waals surface area contributed by atoms with Crippen molar-refractivity contribution in [3.63, 3.8) is 0 Å². The molecule has 0 radical (unpaired) electrons. The highest BCUT2D eigenvalue weighted by atomic mass is 127. The standard InChI is InChI=1S/C18H29N3O.HI/c1-15-9-11-17(12-10-15)22-14-6-5-13-20-18(19)21-16-7-3-2-4-8-16;/h9-12,16H,2-8,13-14H2,1H3,(H3,19,20,21);1H. The van der Waals surface area contributed by atoms with E-state index in [2.05, 4.69) is 29.4 Å². The Morgan fingerprint density at radius 1 is 1.17 bits per heavy atom. The minimum Gasteiger partial charge on any atom is -0.494 e. The minimum absolute atomic E-state index is 0. The van der Waals surface area contributed by atoms with Crippen LogP contribution in [-0.2, 0) is 0 Å². The van der Waals surface area contributed by atoms with Gasteiger partial charge in [-0.05, 0) is 44.7 Å². The first kappa shape index (κ1) is 20.1. The van der Waals surface area contributed by atoms with Crippen LogP contribution in [0.4, 0.5) is 0 Å². The summed E-state index contributed by atoms with van der Waals surface area (Å²) in [6.07, 6.45) is 8.41. The van der Waals surface area contributed by atoms with Crippen LogP contribution in [0.15, 0.2) is 29.3 Å². The topological polar surface area (TPSA) is 59.6 Å². The first-order valence-corrected chi connectivity index (χ1v) is 8.50. The second kappa shape index (κ2) is 11.5. The van der Waals surface area contributed by atoms with Crippen molar-refractivity contribution in [2.75, 3.05) is 13.2 Å². The number of aliphatic imine (C=N–C) groups is 1. The van der Waals surface area contributed by atoms with Crippen molar-refractivity contribution in [3.05, 3.63) is 29.8 Å². The maximum atomic E-state index is 5.93. The molecule has 23 heavy (non-hydrogen) atoms. The van der Waals surface area contributed by atoms with Crippen LogP contribution in [0.25, 0.3) is 0 Å². The Morgan fingerprint density at radius 3 is 2.57 bits per heavy atom. The Hall–Kier alpha value is -0.980. The molecule has 0 unspecified atom stereocenters. The average molecular weight is 431 g/mol. The summed E-state index contributed by atoms with van der Waals surface area (Å²) in [5.74, 6) is 1.54. The molecule has 1 aromatic rings. The van der Waals surface area contributed by atoms with E-state index in [1.165, 1.54) is 37.7 Å². The number of hydrogen-bond donors (Lipinski definition) is 2. The van der Waals surface area contributed by atoms with Gasteiger partial charge in [0.1, 0.15) is 5.75 Å². The molecule has 1 aliphatic rings. The fraction of sp³-hybridized carbons (Fsp3) is 0.611. The van der Waals surface area contributed by atoms with E-state index in [1.807, 2.05) is 12.1 Å². The molecular formula is C18H30IN3O. The average Bonchev–Trinajstić information content (AvgIpc) is 2.53. The fourth-order valence-electron chi connectivity index (χ4n) is 2.74. The summed E-state index contributed by atoms with van der Waals surface area (Å²) in [5, 5.41) is 3.34. The fourth-order valence-corrected chi connectivity index (χ4v) is 2.74. The number of nitrogens with one attached hydrogen (secondary N) is 1. The Kier molecular flexibility index (Phi) is 10.1. The molecule has 0 spiro atoms. The van der Waals surface area contributed by atoms with Crippen LogP contribution < -0.4 is 15.8 Å². The van der Waals surface area contributed by atoms with Gasteiger partial charge in [0, 0.05) is 12.6 Å². The number of rotatable bonds is 7. The lowest BCUT2D eigenvalue weighted by atomic mass is 9.96. The number of nitrogens with zero attached hydrogens (tertiary/aromatic N) is 1. The zero-order chi connectivity index (χ0) is 15.6. The number of guanidine groups is 1. The predicted octanol–water partition coefficient (Wildman–Crippen LogP) is 4.01. The van der Waals surface area contributed by atoms with Crippen molar-refractivity contribution in [3.8, 4) is 5.75 Å². The van der Waals surface area contributed by atoms with Crippen molar-refractivity contribution in [1.82, 2.24) is 5.32 Å². The first-order chi connectivity index (χ1) is 10.7. The highest BCUT2D eigenvalue weighted by Gasteiger charge is 2.12. The van der Waals surface area contributed by atoms with E-state index in [-0.39, 0.29) is 24.0 Å². The second-order valence-electron chi connectivity index (χ2n) is 6.11. The van der Waals surface area contributed by atoms with E-state index < -0.39 is 0 Å². The summed E-state index contributed by atoms with van der Waals surface area (Å²) in [5.41, 5.74) is 7.18. The van der Waals surface area contributed by atoms with Crippen molar-refractivity contribution in [2.24, 2.45) is 10.7 Å². The van der Waals surface area contributed by atoms with Crippen LogP contribution in [-0.4, -0.2) is 25.2 Å². The quantitative estimate of drug-likeness (QED) is 0.297. The van der Waals surface area contributed by atoms with E-state index in [4.69, 9.17) is 10.5 Å². The number of nitrogens with two attached hydrogens (primary N) is 1. The summed E-state index contributed by atoms with van der Waals surface area (Å²) >= 11 is 0. The van der Waals surface area contributed by atoms with Crippen LogP contribution in [0.2, 0.25) is 0 Å². The van der Waals surface area contributed by atoms with Crippen molar-refractivity contribution < 1.29 is 4.74 Å². The molecule has 1 aromatic carbocycles. The molecule has 5 heteroatoms. The summed E-state index contributed by atoms with van der Waals surface area (Å²) in [4.78, 5) is 4.40. The van der Waals surface area contributed by atoms with Gasteiger partial charge in [0.05, 0.1) is 6.61 Å². The molecule has 0 saturated heterocycles. The third kappa shape index (κ3) is 8.44. The molecule has 0 aliphatic heterocycles. The zero-order valence-electron chi connectivity index (χ0n) is 14.1. The number of unbranched alkanes of at least 4 members (excludes halogenated alkanes) is 1. The van der Waals surface area contributed by atoms with Gasteiger partial charge in [-0.3, -0.25) is 4.99 Å². The lowest BCUT2D eigenvalue weighted by Crippen LogP contribution is -2.41. The normalized spacial score (nSPS) is 15.8. The number of aryl methyl sites for hydroxylation is 1. The van der Waals surface area contributed by atoms with Crippen LogP contribution >= 0.6 is 24.0 Å². The van der Waals surface area contributed by atoms with E-state index in [0.29, 0.717) is 12.0 Å². The molecular weight excluding hydrogens is 401 g/mol. The second-order valence-corrected chi connectivity index (χ2v) is 6.11. The molecule has 1 fully saturated rings. The van der Waals surface area contributed by atoms with Gasteiger partial charge in [0.2, 0.25) is 0 Å². The smallest absolute Gasteiger partial charge is 0.188 e. The number of benzene rings is 1. The Morgan fingerprint density at radius 2 is 1.87 bits per heavy atom. The Labute approximate surface area is 157 Å². The number of halogens is 1. The first-order valence-electron chi connectivity index (χ1n) is 8.50. The zero-order valence-corrected chi connectivity index (χ0v) is 16.4. The molecule has 1 saturated carbocycles. The van der Waals surface area contributed by atoms with Crippen molar-refractivity contribution >= 4 is 29.9 Å². The van der Waals surface area contributed by atoms with Gasteiger partial charge >= 0.3 is 0 Å². The van der Waals surface area contributed by atoms with Gasteiger partial charge in [-0.2, -0.15) is 0 Å². The molecule has 0 heterocycles. The van der Waals surface area contributed by atoms with Crippen LogP contribution in [0.3, 0.4) is 0 Å². The highest BCUT2D eigenvalue weighted by Crippen LogP contribution is 2.17. The minimum atomic E-state index is 0. The molecule has 2 rings (SSSR count). The largest absolute Gasteiger partial charge is 0.494 e. The van der Waals surface area contributed by atoms with E-state index >= 15 is 0 Å². The van der Waals surface area contributed by atoms with Crippen LogP contribution in [0, 0.1) is 6.92 Å². The van der Waals surface area contributed by atoms with Crippen molar-refractivity contribution in [1.29, 1.82) is 0 Å². The monoisotopic (exact) mass is 431 g/mol. The van der Waals surface area contributed by atoms with Crippen molar-refractivity contribution in [2.45, 2.75) is 57.9 Å². The number of hydrogen-bond acceptors (Lipinski definition) is 2. The van der Waals surface area contributed by atoms with E-state index in [9.17, 15) is 0 Å². The SMILES string of the molecule is Cc1ccc(OCCCCN=C(N)NC2CCCCC2)cc1.I. The molecule has 3 N–H and O–H groups in total. The van der Waals surface area contributed by atoms with E-state index in [0.717, 1.165) is 31.7 Å². The highest BCUT2D eigenvalue weighted by molar-refractivity contribution is 14.0. The molecule has 1 aliphatic carbocycles. The van der Waals surface area contributed by atoms with Gasteiger partial charge in [0.15, 0.2) is 5.96 Å². The van der Waals surface area contributed by atoms with Gasteiger partial charge in [0.25, 0.3) is 0 Å². The summed E-state index contributed by atoms with van der Waals surface area (Å²) in [6, 6.07) is 8.69. The lowest BCUT2D eigenvalue weighted by molar-refractivity contribution is 0.308. The molecule has 0 bridgehead atoms. The van der Waals surface area contributed by atoms with Gasteiger partial charge in [-0.25, -0.2) is 0 Å². The molecule has 4 nitrogen and oxygen atoms in total. The van der Waals surface area contributed by atoms with Gasteiger partial charge in [-0.15, -0.1) is 24.0 Å². The molecule has 0 aromatic heterocycles. The van der Waals surface area contributed by atoms with Crippen LogP contribution in [0.1, 0.15) is 50.5 Å². The predicted molar refractivity (Wildman–Crippen MR) is 108 cm³/mol. The third-order valence-electron chi connectivity index (χ3n) is 4.08. The summed E-state index contributed by atoms with van der Waals surface area (Å²) < 4.78 is 5.69. The lowest BCUT2D eigenvalue weighted by Gasteiger charge is -2.23. The van der Waals surface area contributed by atoms with E-state index in [1.54, 1.807) is 0 Å². The third-order valence-corrected chi connectivity index (χ3v) is 4.08. The maximum absolute atomic E-state index is 5.93. The summed E-state index contributed by atoms with van der Waals surface area (Å²) in [7, 11) is 0. The van der Waals surface area contributed by atoms with Crippen LogP contribution in [0.5, 0.6) is 5.75 Å².